The Morgan fingerprint density at radius 2 is 1.92 bits per heavy atom. The smallest absolute Gasteiger partial charge is 0.252 e. The molecule has 4 aromatic rings. The molecule has 2 N–H and O–H groups in total. The summed E-state index contributed by atoms with van der Waals surface area (Å²) in [7, 11) is 0. The summed E-state index contributed by atoms with van der Waals surface area (Å²) in [6, 6.07) is 7.40. The maximum absolute atomic E-state index is 14.5. The standard InChI is InChI=1S/C26H25F2N7O2/c1-25(2)16-6-8-26(25,23-15(16)11-19(32-33-23)22-17(27)4-3-5-18(22)28)20-7-9-29-24(31-20)35-13-30-21(34-35)10-14(37)12-36/h3-5,7,9,11,13-14,16,36-37H,6,8,10,12H2,1-2H3/t14-,16+,26+/m1/s1. The maximum atomic E-state index is 14.5. The predicted molar refractivity (Wildman–Crippen MR) is 128 cm³/mol. The fraction of sp³-hybridized carbons (Fsp3) is 0.385. The lowest BCUT2D eigenvalue weighted by Gasteiger charge is -2.37. The number of nitrogens with zero attached hydrogens (tertiary/aromatic N) is 7. The lowest BCUT2D eigenvalue weighted by molar-refractivity contribution is 0.0939. The fourth-order valence-corrected chi connectivity index (χ4v) is 6.22. The van der Waals surface area contributed by atoms with E-state index in [0.29, 0.717) is 11.8 Å². The van der Waals surface area contributed by atoms with Crippen LogP contribution in [0.25, 0.3) is 17.2 Å². The van der Waals surface area contributed by atoms with Gasteiger partial charge in [-0.05, 0) is 54.0 Å². The average molecular weight is 506 g/mol. The van der Waals surface area contributed by atoms with Crippen LogP contribution in [0.4, 0.5) is 8.78 Å². The van der Waals surface area contributed by atoms with Crippen LogP contribution in [-0.2, 0) is 11.8 Å². The Labute approximate surface area is 211 Å². The molecule has 1 fully saturated rings. The summed E-state index contributed by atoms with van der Waals surface area (Å²) in [6.45, 7) is 3.95. The van der Waals surface area contributed by atoms with Gasteiger partial charge in [0.05, 0.1) is 40.8 Å². The van der Waals surface area contributed by atoms with Gasteiger partial charge in [0.25, 0.3) is 5.95 Å². The highest BCUT2D eigenvalue weighted by atomic mass is 19.1. The third-order valence-corrected chi connectivity index (χ3v) is 8.05. The Bertz CT molecular complexity index is 1490. The minimum atomic E-state index is -0.950. The summed E-state index contributed by atoms with van der Waals surface area (Å²) < 4.78 is 30.4. The molecule has 0 radical (unpaired) electrons. The fourth-order valence-electron chi connectivity index (χ4n) is 6.22. The van der Waals surface area contributed by atoms with E-state index in [0.717, 1.165) is 29.8 Å². The van der Waals surface area contributed by atoms with E-state index in [1.807, 2.05) is 6.07 Å². The van der Waals surface area contributed by atoms with Crippen molar-refractivity contribution < 1.29 is 19.0 Å². The van der Waals surface area contributed by atoms with Crippen molar-refractivity contribution in [2.24, 2.45) is 5.41 Å². The van der Waals surface area contributed by atoms with Crippen molar-refractivity contribution in [1.29, 1.82) is 0 Å². The van der Waals surface area contributed by atoms with Gasteiger partial charge in [0.15, 0.2) is 5.82 Å². The molecule has 2 bridgehead atoms. The molecule has 6 rings (SSSR count). The van der Waals surface area contributed by atoms with E-state index in [1.165, 1.54) is 29.2 Å². The average Bonchev–Trinajstić information content (AvgIpc) is 3.51. The third-order valence-electron chi connectivity index (χ3n) is 8.05. The first kappa shape index (κ1) is 23.7. The summed E-state index contributed by atoms with van der Waals surface area (Å²) in [5.74, 6) is -0.561. The third kappa shape index (κ3) is 3.41. The van der Waals surface area contributed by atoms with Crippen LogP contribution in [-0.4, -0.2) is 57.9 Å². The topological polar surface area (TPSA) is 123 Å². The molecule has 0 amide bonds. The van der Waals surface area contributed by atoms with Crippen LogP contribution in [0.2, 0.25) is 0 Å². The Morgan fingerprint density at radius 1 is 1.14 bits per heavy atom. The number of hydrogen-bond acceptors (Lipinski definition) is 8. The van der Waals surface area contributed by atoms with E-state index in [2.05, 4.69) is 39.1 Å². The summed E-state index contributed by atoms with van der Waals surface area (Å²) in [4.78, 5) is 13.4. The van der Waals surface area contributed by atoms with Crippen molar-refractivity contribution in [3.05, 3.63) is 77.3 Å². The van der Waals surface area contributed by atoms with Crippen LogP contribution in [0.1, 0.15) is 55.4 Å². The molecule has 1 saturated carbocycles. The van der Waals surface area contributed by atoms with E-state index >= 15 is 0 Å². The molecule has 0 unspecified atom stereocenters. The Morgan fingerprint density at radius 3 is 2.68 bits per heavy atom. The molecular formula is C26H25F2N7O2. The minimum absolute atomic E-state index is 0.107. The number of aliphatic hydroxyl groups excluding tert-OH is 2. The molecule has 0 spiro atoms. The predicted octanol–water partition coefficient (Wildman–Crippen LogP) is 2.89. The van der Waals surface area contributed by atoms with Crippen LogP contribution in [0.15, 0.2) is 42.9 Å². The number of rotatable bonds is 6. The number of fused-ring (bicyclic) bond motifs is 5. The maximum Gasteiger partial charge on any atom is 0.252 e. The van der Waals surface area contributed by atoms with Gasteiger partial charge in [-0.15, -0.1) is 10.2 Å². The molecule has 190 valence electrons. The number of aliphatic hydroxyl groups is 2. The second kappa shape index (κ2) is 8.42. The molecule has 9 nitrogen and oxygen atoms in total. The van der Waals surface area contributed by atoms with Gasteiger partial charge in [0.1, 0.15) is 18.0 Å². The van der Waals surface area contributed by atoms with Crippen LogP contribution in [0, 0.1) is 17.0 Å². The van der Waals surface area contributed by atoms with Gasteiger partial charge in [0, 0.05) is 12.6 Å². The second-order valence-electron chi connectivity index (χ2n) is 10.2. The van der Waals surface area contributed by atoms with Crippen molar-refractivity contribution in [2.75, 3.05) is 6.61 Å². The van der Waals surface area contributed by atoms with Crippen molar-refractivity contribution in [1.82, 2.24) is 34.9 Å². The van der Waals surface area contributed by atoms with Crippen LogP contribution in [0.3, 0.4) is 0 Å². The van der Waals surface area contributed by atoms with Gasteiger partial charge in [-0.25, -0.2) is 23.7 Å². The molecule has 3 heterocycles. The van der Waals surface area contributed by atoms with Crippen molar-refractivity contribution in [2.45, 2.75) is 50.5 Å². The van der Waals surface area contributed by atoms with Crippen molar-refractivity contribution >= 4 is 0 Å². The van der Waals surface area contributed by atoms with Crippen LogP contribution >= 0.6 is 0 Å². The normalized spacial score (nSPS) is 22.3. The highest BCUT2D eigenvalue weighted by molar-refractivity contribution is 5.64. The molecule has 3 aromatic heterocycles. The largest absolute Gasteiger partial charge is 0.394 e. The summed E-state index contributed by atoms with van der Waals surface area (Å²) in [5, 5.41) is 32.0. The van der Waals surface area contributed by atoms with Crippen LogP contribution < -0.4 is 0 Å². The first-order chi connectivity index (χ1) is 17.8. The molecule has 2 aliphatic carbocycles. The highest BCUT2D eigenvalue weighted by Gasteiger charge is 2.65. The number of hydrogen-bond donors (Lipinski definition) is 2. The highest BCUT2D eigenvalue weighted by Crippen LogP contribution is 2.69. The lowest BCUT2D eigenvalue weighted by Crippen LogP contribution is -2.38. The first-order valence-electron chi connectivity index (χ1n) is 12.1. The van der Waals surface area contributed by atoms with Crippen molar-refractivity contribution in [3.8, 4) is 17.2 Å². The van der Waals surface area contributed by atoms with Gasteiger partial charge in [-0.2, -0.15) is 9.78 Å². The lowest BCUT2D eigenvalue weighted by atomic mass is 9.66. The SMILES string of the molecule is CC1(C)[C@H]2CC[C@]1(c1ccnc(-n3cnc(C[C@@H](O)CO)n3)n1)c1nnc(-c3c(F)cccc3F)cc12. The number of benzene rings is 1. The zero-order valence-corrected chi connectivity index (χ0v) is 20.3. The van der Waals surface area contributed by atoms with E-state index in [-0.39, 0.29) is 35.6 Å². The Balaban J connectivity index is 1.43. The first-order valence-corrected chi connectivity index (χ1v) is 12.1. The second-order valence-corrected chi connectivity index (χ2v) is 10.2. The Hall–Kier alpha value is -3.70. The molecule has 0 aliphatic heterocycles. The molecule has 3 atom stereocenters. The molecule has 11 heteroatoms. The summed E-state index contributed by atoms with van der Waals surface area (Å²) in [6.07, 6.45) is 3.95. The number of halogens is 2. The summed E-state index contributed by atoms with van der Waals surface area (Å²) in [5.41, 5.74) is 1.60. The molecule has 0 saturated heterocycles. The van der Waals surface area contributed by atoms with Gasteiger partial charge in [-0.3, -0.25) is 0 Å². The summed E-state index contributed by atoms with van der Waals surface area (Å²) >= 11 is 0. The van der Waals surface area contributed by atoms with Gasteiger partial charge >= 0.3 is 0 Å². The Kier molecular flexibility index (Phi) is 5.39. The van der Waals surface area contributed by atoms with Crippen LogP contribution in [0.5, 0.6) is 0 Å². The van der Waals surface area contributed by atoms with E-state index in [4.69, 9.17) is 10.1 Å². The molecule has 37 heavy (non-hydrogen) atoms. The van der Waals surface area contributed by atoms with Gasteiger partial charge in [0.2, 0.25) is 0 Å². The van der Waals surface area contributed by atoms with E-state index < -0.39 is 23.2 Å². The molecular weight excluding hydrogens is 480 g/mol. The zero-order chi connectivity index (χ0) is 25.9. The van der Waals surface area contributed by atoms with Crippen molar-refractivity contribution in [3.63, 3.8) is 0 Å². The van der Waals surface area contributed by atoms with E-state index in [9.17, 15) is 13.9 Å². The van der Waals surface area contributed by atoms with Gasteiger partial charge < -0.3 is 10.2 Å². The van der Waals surface area contributed by atoms with Gasteiger partial charge in [-0.1, -0.05) is 19.9 Å². The monoisotopic (exact) mass is 505 g/mol. The molecule has 1 aromatic carbocycles. The zero-order valence-electron chi connectivity index (χ0n) is 20.3. The van der Waals surface area contributed by atoms with E-state index in [1.54, 1.807) is 12.3 Å². The quantitative estimate of drug-likeness (QED) is 0.410. The minimum Gasteiger partial charge on any atom is -0.394 e. The molecule has 2 aliphatic rings. The number of aromatic nitrogens is 7.